The van der Waals surface area contributed by atoms with E-state index < -0.39 is 0 Å². The summed E-state index contributed by atoms with van der Waals surface area (Å²) in [5.74, 6) is 4.49. The third kappa shape index (κ3) is 3.27. The molecule has 5 heteroatoms. The zero-order valence-corrected chi connectivity index (χ0v) is 12.7. The molecule has 0 amide bonds. The van der Waals surface area contributed by atoms with Crippen LogP contribution in [0, 0.1) is 6.92 Å². The van der Waals surface area contributed by atoms with Crippen LogP contribution in [0.1, 0.15) is 24.0 Å². The van der Waals surface area contributed by atoms with Gasteiger partial charge in [-0.05, 0) is 25.5 Å². The number of hydrogen-bond donors (Lipinski definition) is 0. The van der Waals surface area contributed by atoms with Gasteiger partial charge in [0, 0.05) is 43.5 Å². The zero-order valence-electron chi connectivity index (χ0n) is 11.9. The van der Waals surface area contributed by atoms with E-state index in [0.29, 0.717) is 6.04 Å². The van der Waals surface area contributed by atoms with Crippen LogP contribution in [0.25, 0.3) is 0 Å². The van der Waals surface area contributed by atoms with Crippen LogP contribution in [0.5, 0.6) is 0 Å². The number of rotatable bonds is 5. The van der Waals surface area contributed by atoms with Crippen LogP contribution in [0.2, 0.25) is 0 Å². The fraction of sp³-hybridized carbons (Fsp3) is 0.533. The molecule has 2 aromatic heterocycles. The van der Waals surface area contributed by atoms with E-state index in [4.69, 9.17) is 4.42 Å². The number of hydrogen-bond acceptors (Lipinski definition) is 4. The molecular formula is C15H21N3OS. The topological polar surface area (TPSA) is 34.2 Å². The third-order valence-electron chi connectivity index (χ3n) is 3.75. The Labute approximate surface area is 124 Å². The third-order valence-corrected chi connectivity index (χ3v) is 4.77. The van der Waals surface area contributed by atoms with E-state index in [1.807, 2.05) is 37.4 Å². The molecule has 0 bridgehead atoms. The highest BCUT2D eigenvalue weighted by Gasteiger charge is 2.26. The molecule has 3 heterocycles. The summed E-state index contributed by atoms with van der Waals surface area (Å²) in [4.78, 5) is 6.65. The van der Waals surface area contributed by atoms with Gasteiger partial charge in [-0.1, -0.05) is 0 Å². The van der Waals surface area contributed by atoms with Gasteiger partial charge in [0.25, 0.3) is 0 Å². The van der Waals surface area contributed by atoms with Crippen LogP contribution < -0.4 is 0 Å². The molecule has 0 aliphatic carbocycles. The van der Waals surface area contributed by atoms with Crippen LogP contribution in [-0.4, -0.2) is 39.0 Å². The van der Waals surface area contributed by atoms with Crippen molar-refractivity contribution >= 4 is 11.8 Å². The number of aromatic nitrogens is 2. The molecule has 1 atom stereocenters. The first-order chi connectivity index (χ1) is 9.83. The largest absolute Gasteiger partial charge is 0.465 e. The van der Waals surface area contributed by atoms with Crippen LogP contribution in [0.15, 0.2) is 35.3 Å². The highest BCUT2D eigenvalue weighted by Crippen LogP contribution is 2.30. The minimum atomic E-state index is 0.435. The molecule has 0 N–H and O–H groups in total. The molecule has 0 radical (unpaired) electrons. The molecule has 20 heavy (non-hydrogen) atoms. The monoisotopic (exact) mass is 291 g/mol. The maximum absolute atomic E-state index is 5.84. The Bertz CT molecular complexity index is 523. The van der Waals surface area contributed by atoms with Gasteiger partial charge < -0.3 is 8.98 Å². The van der Waals surface area contributed by atoms with Crippen molar-refractivity contribution in [2.75, 3.05) is 24.6 Å². The first-order valence-electron chi connectivity index (χ1n) is 7.17. The Morgan fingerprint density at radius 2 is 2.35 bits per heavy atom. The van der Waals surface area contributed by atoms with Gasteiger partial charge in [0.2, 0.25) is 0 Å². The molecule has 0 spiro atoms. The lowest BCUT2D eigenvalue weighted by Crippen LogP contribution is -2.37. The van der Waals surface area contributed by atoms with Gasteiger partial charge in [-0.3, -0.25) is 4.90 Å². The molecule has 1 saturated heterocycles. The van der Waals surface area contributed by atoms with E-state index in [1.165, 1.54) is 5.75 Å². The smallest absolute Gasteiger partial charge is 0.122 e. The Hall–Kier alpha value is -1.20. The Kier molecular flexibility index (Phi) is 4.47. The maximum atomic E-state index is 5.84. The number of nitrogens with zero attached hydrogens (tertiary/aromatic N) is 3. The van der Waals surface area contributed by atoms with Crippen molar-refractivity contribution < 1.29 is 4.42 Å². The van der Waals surface area contributed by atoms with Crippen molar-refractivity contribution in [1.82, 2.24) is 14.5 Å². The molecule has 108 valence electrons. The van der Waals surface area contributed by atoms with E-state index in [2.05, 4.69) is 26.6 Å². The van der Waals surface area contributed by atoms with Crippen LogP contribution in [-0.2, 0) is 6.54 Å². The molecular weight excluding hydrogens is 270 g/mol. The molecule has 4 nitrogen and oxygen atoms in total. The van der Waals surface area contributed by atoms with Crippen molar-refractivity contribution in [3.05, 3.63) is 42.4 Å². The van der Waals surface area contributed by atoms with Crippen molar-refractivity contribution in [2.24, 2.45) is 0 Å². The summed E-state index contributed by atoms with van der Waals surface area (Å²) < 4.78 is 7.98. The van der Waals surface area contributed by atoms with Gasteiger partial charge in [0.1, 0.15) is 11.5 Å². The fourth-order valence-electron chi connectivity index (χ4n) is 2.68. The predicted octanol–water partition coefficient (Wildman–Crippen LogP) is 2.96. The van der Waals surface area contributed by atoms with E-state index in [1.54, 1.807) is 0 Å². The number of furan rings is 1. The fourth-order valence-corrected chi connectivity index (χ4v) is 3.80. The predicted molar refractivity (Wildman–Crippen MR) is 81.9 cm³/mol. The molecule has 1 aliphatic heterocycles. The van der Waals surface area contributed by atoms with Crippen molar-refractivity contribution in [3.63, 3.8) is 0 Å². The summed E-state index contributed by atoms with van der Waals surface area (Å²) in [7, 11) is 0. The molecule has 3 rings (SSSR count). The summed E-state index contributed by atoms with van der Waals surface area (Å²) in [5, 5.41) is 0. The summed E-state index contributed by atoms with van der Waals surface area (Å²) in [6.45, 7) is 5.32. The lowest BCUT2D eigenvalue weighted by molar-refractivity contribution is 0.190. The number of thioether (sulfide) groups is 1. The SMILES string of the molecule is Cc1ccc([C@H]2CSCCN2CCCn2ccnc2)o1. The minimum Gasteiger partial charge on any atom is -0.465 e. The van der Waals surface area contributed by atoms with E-state index in [0.717, 1.165) is 43.3 Å². The van der Waals surface area contributed by atoms with Gasteiger partial charge in [-0.15, -0.1) is 0 Å². The van der Waals surface area contributed by atoms with Crippen molar-refractivity contribution in [1.29, 1.82) is 0 Å². The van der Waals surface area contributed by atoms with Gasteiger partial charge in [-0.25, -0.2) is 4.98 Å². The van der Waals surface area contributed by atoms with Gasteiger partial charge in [-0.2, -0.15) is 11.8 Å². The van der Waals surface area contributed by atoms with Gasteiger partial charge in [0.05, 0.1) is 12.4 Å². The Morgan fingerprint density at radius 3 is 3.10 bits per heavy atom. The number of aryl methyl sites for hydroxylation is 2. The van der Waals surface area contributed by atoms with E-state index in [9.17, 15) is 0 Å². The highest BCUT2D eigenvalue weighted by molar-refractivity contribution is 7.99. The molecule has 2 aromatic rings. The quantitative estimate of drug-likeness (QED) is 0.848. The van der Waals surface area contributed by atoms with Gasteiger partial charge in [0.15, 0.2) is 0 Å². The standard InChI is InChI=1S/C15H21N3OS/c1-13-3-4-15(19-13)14-11-20-10-9-18(14)7-2-6-17-8-5-16-12-17/h3-5,8,12,14H,2,6-7,9-11H2,1H3/t14-/m1/s1. The normalized spacial score (nSPS) is 20.4. The first-order valence-corrected chi connectivity index (χ1v) is 8.32. The Balaban J connectivity index is 1.58. The molecule has 1 fully saturated rings. The zero-order chi connectivity index (χ0) is 13.8. The second-order valence-electron chi connectivity index (χ2n) is 5.23. The second-order valence-corrected chi connectivity index (χ2v) is 6.38. The second kappa shape index (κ2) is 6.50. The van der Waals surface area contributed by atoms with Crippen LogP contribution >= 0.6 is 11.8 Å². The number of imidazole rings is 1. The summed E-state index contributed by atoms with van der Waals surface area (Å²) >= 11 is 2.03. The summed E-state index contributed by atoms with van der Waals surface area (Å²) in [6.07, 6.45) is 6.90. The molecule has 0 aromatic carbocycles. The van der Waals surface area contributed by atoms with Crippen LogP contribution in [0.4, 0.5) is 0 Å². The van der Waals surface area contributed by atoms with E-state index >= 15 is 0 Å². The van der Waals surface area contributed by atoms with Crippen molar-refractivity contribution in [2.45, 2.75) is 25.9 Å². The van der Waals surface area contributed by atoms with Gasteiger partial charge >= 0.3 is 0 Å². The lowest BCUT2D eigenvalue weighted by atomic mass is 10.2. The maximum Gasteiger partial charge on any atom is 0.122 e. The van der Waals surface area contributed by atoms with Crippen molar-refractivity contribution in [3.8, 4) is 0 Å². The average Bonchev–Trinajstić information content (AvgIpc) is 3.11. The first kappa shape index (κ1) is 13.8. The van der Waals surface area contributed by atoms with E-state index in [-0.39, 0.29) is 0 Å². The van der Waals surface area contributed by atoms with Crippen LogP contribution in [0.3, 0.4) is 0 Å². The molecule has 0 unspecified atom stereocenters. The minimum absolute atomic E-state index is 0.435. The average molecular weight is 291 g/mol. The molecule has 1 aliphatic rings. The Morgan fingerprint density at radius 1 is 1.40 bits per heavy atom. The molecule has 0 saturated carbocycles. The summed E-state index contributed by atoms with van der Waals surface area (Å²) in [5.41, 5.74) is 0. The lowest BCUT2D eigenvalue weighted by Gasteiger charge is -2.34. The summed E-state index contributed by atoms with van der Waals surface area (Å²) in [6, 6.07) is 4.64. The highest BCUT2D eigenvalue weighted by atomic mass is 32.2.